The fourth-order valence-electron chi connectivity index (χ4n) is 1.36. The van der Waals surface area contributed by atoms with Gasteiger partial charge in [-0.05, 0) is 38.8 Å². The Morgan fingerprint density at radius 3 is 2.75 bits per heavy atom. The molecule has 0 unspecified atom stereocenters. The van der Waals surface area contributed by atoms with Crippen molar-refractivity contribution in [2.24, 2.45) is 0 Å². The SMILES string of the molecule is Cc1cncc(C(=O)NC(C)(C)CCBr)c1. The summed E-state index contributed by atoms with van der Waals surface area (Å²) in [6.45, 7) is 5.94. The lowest BCUT2D eigenvalue weighted by Crippen LogP contribution is -2.43. The molecule has 0 aliphatic carbocycles. The van der Waals surface area contributed by atoms with Crippen LogP contribution >= 0.6 is 15.9 Å². The molecule has 1 amide bonds. The van der Waals surface area contributed by atoms with E-state index in [-0.39, 0.29) is 11.4 Å². The molecule has 1 aromatic heterocycles. The summed E-state index contributed by atoms with van der Waals surface area (Å²) in [7, 11) is 0. The van der Waals surface area contributed by atoms with E-state index in [0.29, 0.717) is 5.56 Å². The molecule has 4 heteroatoms. The number of hydrogen-bond donors (Lipinski definition) is 1. The molecule has 1 N–H and O–H groups in total. The van der Waals surface area contributed by atoms with E-state index >= 15 is 0 Å². The Hall–Kier alpha value is -0.900. The summed E-state index contributed by atoms with van der Waals surface area (Å²) >= 11 is 3.38. The van der Waals surface area contributed by atoms with Crippen LogP contribution in [0.4, 0.5) is 0 Å². The van der Waals surface area contributed by atoms with Gasteiger partial charge in [0.15, 0.2) is 0 Å². The van der Waals surface area contributed by atoms with Crippen LogP contribution in [0.25, 0.3) is 0 Å². The number of aromatic nitrogens is 1. The first kappa shape index (κ1) is 13.2. The molecule has 0 fully saturated rings. The first-order valence-electron chi connectivity index (χ1n) is 5.25. The van der Waals surface area contributed by atoms with E-state index in [9.17, 15) is 4.79 Å². The molecule has 0 aliphatic heterocycles. The van der Waals surface area contributed by atoms with Gasteiger partial charge in [-0.15, -0.1) is 0 Å². The zero-order valence-electron chi connectivity index (χ0n) is 9.88. The molecule has 0 saturated carbocycles. The van der Waals surface area contributed by atoms with Gasteiger partial charge in [-0.25, -0.2) is 0 Å². The van der Waals surface area contributed by atoms with Gasteiger partial charge in [0.05, 0.1) is 5.56 Å². The van der Waals surface area contributed by atoms with Crippen molar-refractivity contribution in [1.82, 2.24) is 10.3 Å². The summed E-state index contributed by atoms with van der Waals surface area (Å²) in [5.41, 5.74) is 1.40. The predicted octanol–water partition coefficient (Wildman–Crippen LogP) is 2.68. The summed E-state index contributed by atoms with van der Waals surface area (Å²) in [4.78, 5) is 15.9. The lowest BCUT2D eigenvalue weighted by molar-refractivity contribution is 0.0911. The highest BCUT2D eigenvalue weighted by molar-refractivity contribution is 9.09. The Bertz CT molecular complexity index is 377. The van der Waals surface area contributed by atoms with Gasteiger partial charge in [0, 0.05) is 23.3 Å². The highest BCUT2D eigenvalue weighted by atomic mass is 79.9. The van der Waals surface area contributed by atoms with Gasteiger partial charge < -0.3 is 5.32 Å². The largest absolute Gasteiger partial charge is 0.347 e. The predicted molar refractivity (Wildman–Crippen MR) is 68.9 cm³/mol. The fourth-order valence-corrected chi connectivity index (χ4v) is 2.35. The first-order valence-corrected chi connectivity index (χ1v) is 6.37. The maximum absolute atomic E-state index is 11.9. The summed E-state index contributed by atoms with van der Waals surface area (Å²) < 4.78 is 0. The number of hydrogen-bond acceptors (Lipinski definition) is 2. The quantitative estimate of drug-likeness (QED) is 0.864. The molecule has 0 atom stereocenters. The second-order valence-electron chi connectivity index (χ2n) is 4.53. The molecule has 0 aromatic carbocycles. The Morgan fingerprint density at radius 2 is 2.19 bits per heavy atom. The van der Waals surface area contributed by atoms with Crippen LogP contribution in [-0.2, 0) is 0 Å². The summed E-state index contributed by atoms with van der Waals surface area (Å²) in [5.74, 6) is -0.0675. The number of amides is 1. The normalized spacial score (nSPS) is 11.2. The summed E-state index contributed by atoms with van der Waals surface area (Å²) in [6.07, 6.45) is 4.21. The van der Waals surface area contributed by atoms with E-state index in [1.54, 1.807) is 12.4 Å². The average Bonchev–Trinajstić information content (AvgIpc) is 2.16. The number of rotatable bonds is 4. The molecule has 88 valence electrons. The number of aryl methyl sites for hydroxylation is 1. The van der Waals surface area contributed by atoms with Gasteiger partial charge in [0.2, 0.25) is 0 Å². The smallest absolute Gasteiger partial charge is 0.253 e. The van der Waals surface area contributed by atoms with Gasteiger partial charge in [-0.2, -0.15) is 0 Å². The van der Waals surface area contributed by atoms with Crippen molar-refractivity contribution >= 4 is 21.8 Å². The van der Waals surface area contributed by atoms with Gasteiger partial charge in [-0.1, -0.05) is 15.9 Å². The van der Waals surface area contributed by atoms with E-state index in [4.69, 9.17) is 0 Å². The highest BCUT2D eigenvalue weighted by Crippen LogP contribution is 2.11. The van der Waals surface area contributed by atoms with Crippen molar-refractivity contribution in [2.45, 2.75) is 32.7 Å². The number of nitrogens with zero attached hydrogens (tertiary/aromatic N) is 1. The molecular weight excluding hydrogens is 268 g/mol. The van der Waals surface area contributed by atoms with Gasteiger partial charge >= 0.3 is 0 Å². The first-order chi connectivity index (χ1) is 7.44. The van der Waals surface area contributed by atoms with Crippen LogP contribution in [-0.4, -0.2) is 21.8 Å². The summed E-state index contributed by atoms with van der Waals surface area (Å²) in [6, 6.07) is 1.84. The molecular formula is C12H17BrN2O. The van der Waals surface area contributed by atoms with Crippen LogP contribution in [0.3, 0.4) is 0 Å². The molecule has 1 heterocycles. The molecule has 1 rings (SSSR count). The van der Waals surface area contributed by atoms with E-state index < -0.39 is 0 Å². The second-order valence-corrected chi connectivity index (χ2v) is 5.32. The Balaban J connectivity index is 2.72. The number of carbonyl (C=O) groups is 1. The van der Waals surface area contributed by atoms with Crippen LogP contribution in [0.15, 0.2) is 18.5 Å². The van der Waals surface area contributed by atoms with Crippen LogP contribution < -0.4 is 5.32 Å². The maximum Gasteiger partial charge on any atom is 0.253 e. The van der Waals surface area contributed by atoms with Crippen molar-refractivity contribution in [3.63, 3.8) is 0 Å². The highest BCUT2D eigenvalue weighted by Gasteiger charge is 2.20. The minimum absolute atomic E-state index is 0.0675. The zero-order valence-corrected chi connectivity index (χ0v) is 11.5. The monoisotopic (exact) mass is 284 g/mol. The van der Waals surface area contributed by atoms with Crippen molar-refractivity contribution in [3.8, 4) is 0 Å². The number of halogens is 1. The fraction of sp³-hybridized carbons (Fsp3) is 0.500. The Morgan fingerprint density at radius 1 is 1.50 bits per heavy atom. The van der Waals surface area contributed by atoms with Crippen LogP contribution in [0.2, 0.25) is 0 Å². The van der Waals surface area contributed by atoms with E-state index in [0.717, 1.165) is 17.3 Å². The minimum Gasteiger partial charge on any atom is -0.347 e. The van der Waals surface area contributed by atoms with E-state index in [2.05, 4.69) is 26.2 Å². The molecule has 0 radical (unpaired) electrons. The molecule has 0 saturated heterocycles. The van der Waals surface area contributed by atoms with E-state index in [1.165, 1.54) is 0 Å². The molecule has 0 aliphatic rings. The molecule has 0 bridgehead atoms. The number of pyridine rings is 1. The Labute approximate surface area is 105 Å². The lowest BCUT2D eigenvalue weighted by Gasteiger charge is -2.25. The topological polar surface area (TPSA) is 42.0 Å². The van der Waals surface area contributed by atoms with Crippen molar-refractivity contribution in [3.05, 3.63) is 29.6 Å². The van der Waals surface area contributed by atoms with Gasteiger partial charge in [0.1, 0.15) is 0 Å². The third kappa shape index (κ3) is 3.93. The Kier molecular flexibility index (Phi) is 4.47. The van der Waals surface area contributed by atoms with Gasteiger partial charge in [0.25, 0.3) is 5.91 Å². The molecule has 3 nitrogen and oxygen atoms in total. The average molecular weight is 285 g/mol. The minimum atomic E-state index is -0.204. The van der Waals surface area contributed by atoms with Crippen molar-refractivity contribution in [1.29, 1.82) is 0 Å². The number of carbonyl (C=O) groups excluding carboxylic acids is 1. The van der Waals surface area contributed by atoms with Crippen LogP contribution in [0.1, 0.15) is 36.2 Å². The molecule has 1 aromatic rings. The number of alkyl halides is 1. The third-order valence-corrected chi connectivity index (χ3v) is 2.71. The van der Waals surface area contributed by atoms with Crippen LogP contribution in [0.5, 0.6) is 0 Å². The van der Waals surface area contributed by atoms with Gasteiger partial charge in [-0.3, -0.25) is 9.78 Å². The van der Waals surface area contributed by atoms with Crippen molar-refractivity contribution < 1.29 is 4.79 Å². The standard InChI is InChI=1S/C12H17BrN2O/c1-9-6-10(8-14-7-9)11(16)15-12(2,3)4-5-13/h6-8H,4-5H2,1-3H3,(H,15,16). The third-order valence-electron chi connectivity index (χ3n) is 2.31. The second kappa shape index (κ2) is 5.43. The molecule has 16 heavy (non-hydrogen) atoms. The van der Waals surface area contributed by atoms with Crippen molar-refractivity contribution in [2.75, 3.05) is 5.33 Å². The number of nitrogens with one attached hydrogen (secondary N) is 1. The molecule has 0 spiro atoms. The van der Waals surface area contributed by atoms with Crippen LogP contribution in [0, 0.1) is 6.92 Å². The summed E-state index contributed by atoms with van der Waals surface area (Å²) in [5, 5.41) is 3.86. The maximum atomic E-state index is 11.9. The lowest BCUT2D eigenvalue weighted by atomic mass is 10.0. The zero-order chi connectivity index (χ0) is 12.2. The van der Waals surface area contributed by atoms with E-state index in [1.807, 2.05) is 26.8 Å².